The number of hydrogen-bond donors (Lipinski definition) is 1. The van der Waals surface area contributed by atoms with E-state index in [1.54, 1.807) is 0 Å². The average molecular weight is 264 g/mol. The standard InChI is InChI=1S/C16H28N2O/c1-3-14-13-10-17-9-12(13)11-18(14)15(19)16(2)7-5-4-6-8-16/h12-14,17H,3-11H2,1-2H3. The van der Waals surface area contributed by atoms with Crippen molar-refractivity contribution in [2.75, 3.05) is 19.6 Å². The molecular formula is C16H28N2O. The molecule has 0 aromatic rings. The van der Waals surface area contributed by atoms with Gasteiger partial charge in [0.05, 0.1) is 0 Å². The maximum Gasteiger partial charge on any atom is 0.228 e. The highest BCUT2D eigenvalue weighted by atomic mass is 16.2. The Balaban J connectivity index is 1.76. The molecule has 3 fully saturated rings. The van der Waals surface area contributed by atoms with Crippen molar-refractivity contribution in [1.29, 1.82) is 0 Å². The van der Waals surface area contributed by atoms with Crippen molar-refractivity contribution in [3.05, 3.63) is 0 Å². The Hall–Kier alpha value is -0.570. The van der Waals surface area contributed by atoms with E-state index < -0.39 is 0 Å². The van der Waals surface area contributed by atoms with Gasteiger partial charge in [-0.25, -0.2) is 0 Å². The Labute approximate surface area is 117 Å². The third-order valence-corrected chi connectivity index (χ3v) is 5.87. The fraction of sp³-hybridized carbons (Fsp3) is 0.938. The summed E-state index contributed by atoms with van der Waals surface area (Å²) in [6.45, 7) is 7.69. The highest BCUT2D eigenvalue weighted by molar-refractivity contribution is 5.83. The molecule has 2 heterocycles. The van der Waals surface area contributed by atoms with Gasteiger partial charge in [-0.1, -0.05) is 33.1 Å². The summed E-state index contributed by atoms with van der Waals surface area (Å²) in [5.74, 6) is 1.88. The first-order valence-corrected chi connectivity index (χ1v) is 8.17. The van der Waals surface area contributed by atoms with Crippen LogP contribution in [0.15, 0.2) is 0 Å². The van der Waals surface area contributed by atoms with E-state index in [4.69, 9.17) is 0 Å². The molecule has 0 radical (unpaired) electrons. The van der Waals surface area contributed by atoms with Crippen molar-refractivity contribution in [3.63, 3.8) is 0 Å². The van der Waals surface area contributed by atoms with Crippen LogP contribution < -0.4 is 5.32 Å². The molecule has 3 aliphatic rings. The third-order valence-electron chi connectivity index (χ3n) is 5.87. The fourth-order valence-electron chi connectivity index (χ4n) is 4.67. The second-order valence-corrected chi connectivity index (χ2v) is 7.14. The molecule has 2 aliphatic heterocycles. The number of carbonyl (C=O) groups excluding carboxylic acids is 1. The van der Waals surface area contributed by atoms with Gasteiger partial charge < -0.3 is 10.2 Å². The number of rotatable bonds is 2. The lowest BCUT2D eigenvalue weighted by Crippen LogP contribution is -2.47. The molecule has 0 aromatic carbocycles. The topological polar surface area (TPSA) is 32.3 Å². The smallest absolute Gasteiger partial charge is 0.228 e. The van der Waals surface area contributed by atoms with Crippen LogP contribution in [0, 0.1) is 17.3 Å². The first-order valence-electron chi connectivity index (χ1n) is 8.17. The Morgan fingerprint density at radius 3 is 2.68 bits per heavy atom. The lowest BCUT2D eigenvalue weighted by atomic mass is 9.74. The minimum atomic E-state index is -0.0578. The highest BCUT2D eigenvalue weighted by Gasteiger charge is 2.48. The van der Waals surface area contributed by atoms with Crippen LogP contribution in [0.3, 0.4) is 0 Å². The molecule has 1 saturated carbocycles. The quantitative estimate of drug-likeness (QED) is 0.830. The fourth-order valence-corrected chi connectivity index (χ4v) is 4.67. The van der Waals surface area contributed by atoms with Gasteiger partial charge in [0, 0.05) is 31.1 Å². The summed E-state index contributed by atoms with van der Waals surface area (Å²) >= 11 is 0. The molecule has 0 spiro atoms. The second-order valence-electron chi connectivity index (χ2n) is 7.14. The van der Waals surface area contributed by atoms with Crippen molar-refractivity contribution >= 4 is 5.91 Å². The molecule has 0 bridgehead atoms. The van der Waals surface area contributed by atoms with E-state index in [2.05, 4.69) is 24.1 Å². The number of nitrogens with zero attached hydrogens (tertiary/aromatic N) is 1. The number of hydrogen-bond acceptors (Lipinski definition) is 2. The zero-order chi connectivity index (χ0) is 13.5. The van der Waals surface area contributed by atoms with E-state index in [0.717, 1.165) is 38.9 Å². The first-order chi connectivity index (χ1) is 9.15. The van der Waals surface area contributed by atoms with Crippen molar-refractivity contribution in [3.8, 4) is 0 Å². The number of likely N-dealkylation sites (tertiary alicyclic amines) is 1. The van der Waals surface area contributed by atoms with Gasteiger partial charge in [0.1, 0.15) is 0 Å². The third kappa shape index (κ3) is 2.20. The zero-order valence-electron chi connectivity index (χ0n) is 12.5. The van der Waals surface area contributed by atoms with Gasteiger partial charge in [-0.05, 0) is 31.1 Å². The second kappa shape index (κ2) is 5.08. The van der Waals surface area contributed by atoms with Crippen molar-refractivity contribution in [2.45, 2.75) is 58.4 Å². The summed E-state index contributed by atoms with van der Waals surface area (Å²) in [6.07, 6.45) is 7.11. The van der Waals surface area contributed by atoms with Crippen LogP contribution in [0.5, 0.6) is 0 Å². The number of fused-ring (bicyclic) bond motifs is 1. The summed E-state index contributed by atoms with van der Waals surface area (Å²) < 4.78 is 0. The molecule has 1 aliphatic carbocycles. The maximum atomic E-state index is 13.0. The van der Waals surface area contributed by atoms with Gasteiger partial charge >= 0.3 is 0 Å². The van der Waals surface area contributed by atoms with Crippen LogP contribution in [0.2, 0.25) is 0 Å². The van der Waals surface area contributed by atoms with Gasteiger partial charge in [-0.15, -0.1) is 0 Å². The molecule has 3 rings (SSSR count). The van der Waals surface area contributed by atoms with E-state index in [0.29, 0.717) is 23.8 Å². The molecule has 19 heavy (non-hydrogen) atoms. The monoisotopic (exact) mass is 264 g/mol. The van der Waals surface area contributed by atoms with E-state index in [-0.39, 0.29) is 5.41 Å². The van der Waals surface area contributed by atoms with Gasteiger partial charge in [0.25, 0.3) is 0 Å². The normalized spacial score (nSPS) is 37.4. The summed E-state index contributed by atoms with van der Waals surface area (Å²) in [5, 5.41) is 3.50. The summed E-state index contributed by atoms with van der Waals surface area (Å²) in [7, 11) is 0. The van der Waals surface area contributed by atoms with Crippen LogP contribution in [-0.2, 0) is 4.79 Å². The predicted octanol–water partition coefficient (Wildman–Crippen LogP) is 2.41. The minimum Gasteiger partial charge on any atom is -0.339 e. The van der Waals surface area contributed by atoms with E-state index in [1.807, 2.05) is 0 Å². The molecule has 3 unspecified atom stereocenters. The number of amides is 1. The van der Waals surface area contributed by atoms with Gasteiger partial charge in [-0.3, -0.25) is 4.79 Å². The molecule has 1 amide bonds. The van der Waals surface area contributed by atoms with Crippen molar-refractivity contribution in [2.24, 2.45) is 17.3 Å². The van der Waals surface area contributed by atoms with Gasteiger partial charge in [-0.2, -0.15) is 0 Å². The Morgan fingerprint density at radius 1 is 1.26 bits per heavy atom. The number of carbonyl (C=O) groups is 1. The maximum absolute atomic E-state index is 13.0. The summed E-state index contributed by atoms with van der Waals surface area (Å²) in [6, 6.07) is 0.492. The van der Waals surface area contributed by atoms with Crippen molar-refractivity contribution < 1.29 is 4.79 Å². The molecule has 2 saturated heterocycles. The average Bonchev–Trinajstić information content (AvgIpc) is 2.98. The molecular weight excluding hydrogens is 236 g/mol. The lowest BCUT2D eigenvalue weighted by Gasteiger charge is -2.38. The Bertz CT molecular complexity index is 349. The Kier molecular flexibility index (Phi) is 3.59. The molecule has 3 atom stereocenters. The van der Waals surface area contributed by atoms with Crippen LogP contribution in [0.4, 0.5) is 0 Å². The summed E-state index contributed by atoms with van der Waals surface area (Å²) in [4.78, 5) is 15.3. The van der Waals surface area contributed by atoms with Gasteiger partial charge in [0.2, 0.25) is 5.91 Å². The minimum absolute atomic E-state index is 0.0578. The Morgan fingerprint density at radius 2 is 2.00 bits per heavy atom. The molecule has 108 valence electrons. The van der Waals surface area contributed by atoms with Crippen LogP contribution in [-0.4, -0.2) is 36.5 Å². The lowest BCUT2D eigenvalue weighted by molar-refractivity contribution is -0.144. The molecule has 0 aromatic heterocycles. The molecule has 3 nitrogen and oxygen atoms in total. The molecule has 3 heteroatoms. The van der Waals surface area contributed by atoms with Crippen molar-refractivity contribution in [1.82, 2.24) is 10.2 Å². The zero-order valence-corrected chi connectivity index (χ0v) is 12.5. The summed E-state index contributed by atoms with van der Waals surface area (Å²) in [5.41, 5.74) is -0.0578. The van der Waals surface area contributed by atoms with E-state index in [1.165, 1.54) is 19.3 Å². The molecule has 1 N–H and O–H groups in total. The highest BCUT2D eigenvalue weighted by Crippen LogP contribution is 2.42. The largest absolute Gasteiger partial charge is 0.339 e. The van der Waals surface area contributed by atoms with Crippen LogP contribution in [0.25, 0.3) is 0 Å². The van der Waals surface area contributed by atoms with E-state index >= 15 is 0 Å². The SMILES string of the molecule is CCC1C2CNCC2CN1C(=O)C1(C)CCCCC1. The van der Waals surface area contributed by atoms with Gasteiger partial charge in [0.15, 0.2) is 0 Å². The van der Waals surface area contributed by atoms with Crippen LogP contribution >= 0.6 is 0 Å². The predicted molar refractivity (Wildman–Crippen MR) is 76.8 cm³/mol. The number of nitrogens with one attached hydrogen (secondary N) is 1. The van der Waals surface area contributed by atoms with Crippen LogP contribution in [0.1, 0.15) is 52.4 Å². The van der Waals surface area contributed by atoms with E-state index in [9.17, 15) is 4.79 Å². The first kappa shape index (κ1) is 13.4.